The molecule has 130 valence electrons. The van der Waals surface area contributed by atoms with Crippen molar-refractivity contribution < 1.29 is 14.3 Å². The number of ether oxygens (including phenoxy) is 1. The molecule has 2 aromatic carbocycles. The van der Waals surface area contributed by atoms with Gasteiger partial charge in [-0.25, -0.2) is 9.78 Å². The van der Waals surface area contributed by atoms with E-state index in [1.165, 1.54) is 11.8 Å². The average molecular weight is 366 g/mol. The van der Waals surface area contributed by atoms with Crippen molar-refractivity contribution >= 4 is 40.4 Å². The van der Waals surface area contributed by atoms with E-state index in [1.807, 2.05) is 24.3 Å². The van der Waals surface area contributed by atoms with Gasteiger partial charge in [-0.3, -0.25) is 9.36 Å². The molecule has 0 spiro atoms. The number of carbonyl (C=O) groups is 2. The van der Waals surface area contributed by atoms with E-state index in [0.717, 1.165) is 11.0 Å². The quantitative estimate of drug-likeness (QED) is 0.513. The van der Waals surface area contributed by atoms with Crippen molar-refractivity contribution in [3.63, 3.8) is 0 Å². The number of esters is 1. The van der Waals surface area contributed by atoms with Crippen LogP contribution in [0, 0.1) is 0 Å². The SMILES string of the molecule is CCOC(=O)c1ccc(N=N[C@@H]2Sc3nc4ccccc4n3C2=O)cc1. The lowest BCUT2D eigenvalue weighted by Gasteiger charge is -2.02. The monoisotopic (exact) mass is 366 g/mol. The van der Waals surface area contributed by atoms with Gasteiger partial charge in [0, 0.05) is 0 Å². The minimum Gasteiger partial charge on any atom is -0.462 e. The van der Waals surface area contributed by atoms with Crippen LogP contribution in [0.3, 0.4) is 0 Å². The van der Waals surface area contributed by atoms with Crippen molar-refractivity contribution in [2.75, 3.05) is 6.61 Å². The number of fused-ring (bicyclic) bond motifs is 3. The van der Waals surface area contributed by atoms with Crippen LogP contribution >= 0.6 is 11.8 Å². The number of hydrogen-bond donors (Lipinski definition) is 0. The normalized spacial score (nSPS) is 16.3. The Labute approximate surface area is 153 Å². The van der Waals surface area contributed by atoms with Crippen LogP contribution in [0.15, 0.2) is 63.9 Å². The number of carbonyl (C=O) groups excluding carboxylic acids is 2. The number of hydrogen-bond acceptors (Lipinski definition) is 7. The van der Waals surface area contributed by atoms with Gasteiger partial charge >= 0.3 is 5.97 Å². The summed E-state index contributed by atoms with van der Waals surface area (Å²) in [5, 5.41) is 8.22. The molecule has 0 saturated carbocycles. The fraction of sp³-hybridized carbons (Fsp3) is 0.167. The van der Waals surface area contributed by atoms with Gasteiger partial charge in [0.15, 0.2) is 5.16 Å². The van der Waals surface area contributed by atoms with E-state index in [2.05, 4.69) is 15.2 Å². The molecule has 1 atom stereocenters. The van der Waals surface area contributed by atoms with Gasteiger partial charge in [-0.05, 0) is 55.1 Å². The summed E-state index contributed by atoms with van der Waals surface area (Å²) in [6.45, 7) is 2.08. The predicted octanol–water partition coefficient (Wildman–Crippen LogP) is 4.07. The highest BCUT2D eigenvalue weighted by Crippen LogP contribution is 2.36. The zero-order valence-electron chi connectivity index (χ0n) is 13.8. The second kappa shape index (κ2) is 6.72. The minimum atomic E-state index is -0.660. The molecule has 3 aromatic rings. The molecular formula is C18H14N4O3S. The van der Waals surface area contributed by atoms with Gasteiger partial charge in [0.25, 0.3) is 5.91 Å². The topological polar surface area (TPSA) is 85.9 Å². The zero-order chi connectivity index (χ0) is 18.1. The second-order valence-corrected chi connectivity index (χ2v) is 6.56. The van der Waals surface area contributed by atoms with Crippen LogP contribution in [0.2, 0.25) is 0 Å². The molecule has 0 unspecified atom stereocenters. The zero-order valence-corrected chi connectivity index (χ0v) is 14.6. The first kappa shape index (κ1) is 16.5. The molecular weight excluding hydrogens is 352 g/mol. The number of azo groups is 1. The van der Waals surface area contributed by atoms with Crippen molar-refractivity contribution in [2.24, 2.45) is 10.2 Å². The van der Waals surface area contributed by atoms with Crippen LogP contribution in [0.1, 0.15) is 22.1 Å². The second-order valence-electron chi connectivity index (χ2n) is 5.51. The largest absolute Gasteiger partial charge is 0.462 e. The van der Waals surface area contributed by atoms with Gasteiger partial charge in [-0.2, -0.15) is 10.2 Å². The maximum atomic E-state index is 12.6. The van der Waals surface area contributed by atoms with Crippen LogP contribution in [0.5, 0.6) is 0 Å². The Morgan fingerprint density at radius 3 is 2.77 bits per heavy atom. The molecule has 0 fully saturated rings. The van der Waals surface area contributed by atoms with Gasteiger partial charge in [-0.1, -0.05) is 12.1 Å². The first-order valence-corrected chi connectivity index (χ1v) is 8.91. The molecule has 2 heterocycles. The van der Waals surface area contributed by atoms with Gasteiger partial charge in [0.1, 0.15) is 0 Å². The van der Waals surface area contributed by atoms with Gasteiger partial charge in [0.2, 0.25) is 5.37 Å². The van der Waals surface area contributed by atoms with E-state index in [9.17, 15) is 9.59 Å². The van der Waals surface area contributed by atoms with Crippen LogP contribution in [-0.2, 0) is 4.74 Å². The number of aromatic nitrogens is 2. The molecule has 4 rings (SSSR count). The fourth-order valence-electron chi connectivity index (χ4n) is 2.63. The van der Waals surface area contributed by atoms with Gasteiger partial charge in [-0.15, -0.1) is 0 Å². The summed E-state index contributed by atoms with van der Waals surface area (Å²) in [7, 11) is 0. The van der Waals surface area contributed by atoms with Crippen molar-refractivity contribution in [3.05, 3.63) is 54.1 Å². The molecule has 0 amide bonds. The third-order valence-electron chi connectivity index (χ3n) is 3.84. The van der Waals surface area contributed by atoms with Gasteiger partial charge in [0.05, 0.1) is 28.9 Å². The molecule has 0 saturated heterocycles. The first-order valence-electron chi connectivity index (χ1n) is 8.04. The number of imidazole rings is 1. The summed E-state index contributed by atoms with van der Waals surface area (Å²) in [4.78, 5) is 28.7. The van der Waals surface area contributed by atoms with Crippen LogP contribution in [0.4, 0.5) is 5.69 Å². The molecule has 7 nitrogen and oxygen atoms in total. The summed E-state index contributed by atoms with van der Waals surface area (Å²) < 4.78 is 6.51. The average Bonchev–Trinajstić information content (AvgIpc) is 3.17. The van der Waals surface area contributed by atoms with Gasteiger partial charge < -0.3 is 4.74 Å². The number of thioether (sulfide) groups is 1. The summed E-state index contributed by atoms with van der Waals surface area (Å²) in [6.07, 6.45) is 0. The Morgan fingerprint density at radius 1 is 1.23 bits per heavy atom. The van der Waals surface area contributed by atoms with Crippen molar-refractivity contribution in [1.29, 1.82) is 0 Å². The number of benzene rings is 2. The maximum absolute atomic E-state index is 12.6. The molecule has 0 aliphatic carbocycles. The van der Waals surface area contributed by atoms with Crippen LogP contribution in [0.25, 0.3) is 11.0 Å². The lowest BCUT2D eigenvalue weighted by molar-refractivity contribution is 0.0526. The highest BCUT2D eigenvalue weighted by molar-refractivity contribution is 8.00. The third kappa shape index (κ3) is 2.88. The maximum Gasteiger partial charge on any atom is 0.338 e. The number of para-hydroxylation sites is 2. The molecule has 26 heavy (non-hydrogen) atoms. The lowest BCUT2D eigenvalue weighted by atomic mass is 10.2. The van der Waals surface area contributed by atoms with Crippen molar-refractivity contribution in [2.45, 2.75) is 17.5 Å². The Bertz CT molecular complexity index is 1030. The smallest absolute Gasteiger partial charge is 0.338 e. The Morgan fingerprint density at radius 2 is 2.00 bits per heavy atom. The molecule has 1 aliphatic heterocycles. The standard InChI is InChI=1S/C18H14N4O3S/c1-2-25-17(24)11-7-9-12(10-8-11)20-21-15-16(23)22-14-6-4-3-5-13(14)19-18(22)26-15/h3-10,15H,2H2,1H3/t15-/m1/s1. The molecule has 1 aromatic heterocycles. The molecule has 8 heteroatoms. The lowest BCUT2D eigenvalue weighted by Crippen LogP contribution is -2.14. The van der Waals surface area contributed by atoms with E-state index in [1.54, 1.807) is 35.8 Å². The van der Waals surface area contributed by atoms with Crippen LogP contribution in [-0.4, -0.2) is 33.4 Å². The molecule has 0 bridgehead atoms. The number of nitrogens with zero attached hydrogens (tertiary/aromatic N) is 4. The molecule has 0 radical (unpaired) electrons. The summed E-state index contributed by atoms with van der Waals surface area (Å²) in [6, 6.07) is 14.0. The van der Waals surface area contributed by atoms with E-state index in [-0.39, 0.29) is 11.9 Å². The Hall–Kier alpha value is -3.00. The van der Waals surface area contributed by atoms with Crippen LogP contribution < -0.4 is 0 Å². The summed E-state index contributed by atoms with van der Waals surface area (Å²) in [5.74, 6) is -0.541. The summed E-state index contributed by atoms with van der Waals surface area (Å²) in [5.41, 5.74) is 2.56. The van der Waals surface area contributed by atoms with E-state index in [0.29, 0.717) is 23.0 Å². The highest BCUT2D eigenvalue weighted by atomic mass is 32.2. The first-order chi connectivity index (χ1) is 12.7. The van der Waals surface area contributed by atoms with Crippen molar-refractivity contribution in [3.8, 4) is 0 Å². The third-order valence-corrected chi connectivity index (χ3v) is 4.84. The summed E-state index contributed by atoms with van der Waals surface area (Å²) >= 11 is 1.27. The minimum absolute atomic E-state index is 0.161. The molecule has 1 aliphatic rings. The Kier molecular flexibility index (Phi) is 4.26. The van der Waals surface area contributed by atoms with E-state index < -0.39 is 5.37 Å². The molecule has 0 N–H and O–H groups in total. The fourth-order valence-corrected chi connectivity index (χ4v) is 3.57. The predicted molar refractivity (Wildman–Crippen MR) is 96.9 cm³/mol. The Balaban J connectivity index is 1.51. The van der Waals surface area contributed by atoms with E-state index >= 15 is 0 Å². The van der Waals surface area contributed by atoms with E-state index in [4.69, 9.17) is 4.74 Å². The van der Waals surface area contributed by atoms with Crippen molar-refractivity contribution in [1.82, 2.24) is 9.55 Å². The number of rotatable bonds is 4. The highest BCUT2D eigenvalue weighted by Gasteiger charge is 2.34.